The first-order valence-electron chi connectivity index (χ1n) is 7.59. The summed E-state index contributed by atoms with van der Waals surface area (Å²) in [7, 11) is 0. The summed E-state index contributed by atoms with van der Waals surface area (Å²) in [5.41, 5.74) is 0.103. The van der Waals surface area contributed by atoms with Gasteiger partial charge in [-0.25, -0.2) is 9.78 Å². The van der Waals surface area contributed by atoms with E-state index < -0.39 is 17.7 Å². The lowest BCUT2D eigenvalue weighted by Gasteiger charge is -2.08. The summed E-state index contributed by atoms with van der Waals surface area (Å²) in [5, 5.41) is 20.5. The summed E-state index contributed by atoms with van der Waals surface area (Å²) in [4.78, 5) is 15.5. The van der Waals surface area contributed by atoms with E-state index in [-0.39, 0.29) is 16.4 Å². The van der Waals surface area contributed by atoms with Crippen LogP contribution in [0.4, 0.5) is 13.2 Å². The molecule has 4 rings (SSSR count). The van der Waals surface area contributed by atoms with Gasteiger partial charge < -0.3 is 5.11 Å². The molecule has 0 bridgehead atoms. The van der Waals surface area contributed by atoms with Gasteiger partial charge in [0.2, 0.25) is 5.16 Å². The zero-order chi connectivity index (χ0) is 19.9. The first kappa shape index (κ1) is 18.4. The van der Waals surface area contributed by atoms with Crippen molar-refractivity contribution in [1.82, 2.24) is 25.2 Å². The molecule has 28 heavy (non-hydrogen) atoms. The van der Waals surface area contributed by atoms with E-state index in [2.05, 4.69) is 20.5 Å². The van der Waals surface area contributed by atoms with Gasteiger partial charge in [-0.3, -0.25) is 0 Å². The molecule has 0 aliphatic heterocycles. The van der Waals surface area contributed by atoms with Crippen molar-refractivity contribution in [3.8, 4) is 5.69 Å². The molecule has 2 aromatic carbocycles. The lowest BCUT2D eigenvalue weighted by molar-refractivity contribution is -0.137. The standard InChI is InChI=1S/C16H8F3N5O2S2/c17-16(18,19)9-2-1-3-10(7-9)24-14(21-22-23-24)28-15-20-11-5-4-8(13(25)26)6-12(11)27-15/h1-7H,(H,25,26). The third-order valence-corrected chi connectivity index (χ3v) is 5.67. The molecule has 0 aliphatic rings. The summed E-state index contributed by atoms with van der Waals surface area (Å²) in [6, 6.07) is 9.22. The predicted molar refractivity (Wildman–Crippen MR) is 94.9 cm³/mol. The van der Waals surface area contributed by atoms with E-state index in [0.29, 0.717) is 14.6 Å². The van der Waals surface area contributed by atoms with Crippen LogP contribution in [0.3, 0.4) is 0 Å². The number of nitrogens with zero attached hydrogens (tertiary/aromatic N) is 5. The Morgan fingerprint density at radius 2 is 2.00 bits per heavy atom. The maximum absolute atomic E-state index is 12.9. The molecule has 0 spiro atoms. The number of hydrogen-bond donors (Lipinski definition) is 1. The van der Waals surface area contributed by atoms with E-state index >= 15 is 0 Å². The second-order valence-electron chi connectivity index (χ2n) is 5.49. The van der Waals surface area contributed by atoms with Crippen LogP contribution < -0.4 is 0 Å². The van der Waals surface area contributed by atoms with Crippen molar-refractivity contribution in [2.24, 2.45) is 0 Å². The summed E-state index contributed by atoms with van der Waals surface area (Å²) < 4.78 is 41.2. The van der Waals surface area contributed by atoms with Gasteiger partial charge in [0, 0.05) is 0 Å². The number of carboxylic acids is 1. The topological polar surface area (TPSA) is 93.8 Å². The molecular weight excluding hydrogens is 415 g/mol. The summed E-state index contributed by atoms with van der Waals surface area (Å²) in [5.74, 6) is -1.04. The first-order valence-corrected chi connectivity index (χ1v) is 9.22. The summed E-state index contributed by atoms with van der Waals surface area (Å²) in [6.07, 6.45) is -4.48. The second kappa shape index (κ2) is 6.87. The first-order chi connectivity index (χ1) is 13.3. The average Bonchev–Trinajstić information content (AvgIpc) is 3.26. The minimum atomic E-state index is -4.48. The molecule has 12 heteroatoms. The fourth-order valence-corrected chi connectivity index (χ4v) is 4.38. The van der Waals surface area contributed by atoms with Gasteiger partial charge in [-0.05, 0) is 58.6 Å². The molecule has 0 atom stereocenters. The molecule has 0 aliphatic carbocycles. The fourth-order valence-electron chi connectivity index (χ4n) is 2.38. The van der Waals surface area contributed by atoms with Crippen LogP contribution in [-0.4, -0.2) is 36.3 Å². The molecule has 2 heterocycles. The molecular formula is C16H8F3N5O2S2. The largest absolute Gasteiger partial charge is 0.478 e. The molecule has 4 aromatic rings. The van der Waals surface area contributed by atoms with Crippen molar-refractivity contribution in [2.75, 3.05) is 0 Å². The molecule has 0 saturated carbocycles. The van der Waals surface area contributed by atoms with Gasteiger partial charge in [-0.1, -0.05) is 6.07 Å². The zero-order valence-corrected chi connectivity index (χ0v) is 15.2. The highest BCUT2D eigenvalue weighted by molar-refractivity contribution is 8.01. The average molecular weight is 423 g/mol. The summed E-state index contributed by atoms with van der Waals surface area (Å²) in [6.45, 7) is 0. The van der Waals surface area contributed by atoms with Crippen LogP contribution in [-0.2, 0) is 6.18 Å². The number of tetrazole rings is 1. The Hall–Kier alpha value is -2.99. The molecule has 2 aromatic heterocycles. The Kier molecular flexibility index (Phi) is 4.51. The highest BCUT2D eigenvalue weighted by Crippen LogP contribution is 2.35. The minimum Gasteiger partial charge on any atom is -0.478 e. The number of hydrogen-bond acceptors (Lipinski definition) is 7. The molecule has 0 saturated heterocycles. The number of aromatic nitrogens is 5. The van der Waals surface area contributed by atoms with Crippen molar-refractivity contribution < 1.29 is 23.1 Å². The molecule has 0 fully saturated rings. The Balaban J connectivity index is 1.67. The number of alkyl halides is 3. The van der Waals surface area contributed by atoms with Gasteiger partial charge in [0.1, 0.15) is 0 Å². The van der Waals surface area contributed by atoms with Crippen LogP contribution in [0.2, 0.25) is 0 Å². The lowest BCUT2D eigenvalue weighted by atomic mass is 10.2. The van der Waals surface area contributed by atoms with E-state index in [1.165, 1.54) is 40.3 Å². The highest BCUT2D eigenvalue weighted by atomic mass is 32.2. The van der Waals surface area contributed by atoms with Gasteiger partial charge in [0.05, 0.1) is 27.0 Å². The fraction of sp³-hybridized carbons (Fsp3) is 0.0625. The number of rotatable bonds is 4. The van der Waals surface area contributed by atoms with Crippen molar-refractivity contribution in [3.05, 3.63) is 53.6 Å². The van der Waals surface area contributed by atoms with Crippen LogP contribution in [0, 0.1) is 0 Å². The molecule has 7 nitrogen and oxygen atoms in total. The third-order valence-electron chi connectivity index (χ3n) is 3.65. The Morgan fingerprint density at radius 1 is 1.18 bits per heavy atom. The van der Waals surface area contributed by atoms with Crippen LogP contribution in [0.25, 0.3) is 15.9 Å². The maximum atomic E-state index is 12.9. The smallest absolute Gasteiger partial charge is 0.416 e. The van der Waals surface area contributed by atoms with Crippen molar-refractivity contribution >= 4 is 39.3 Å². The predicted octanol–water partition coefficient (Wildman–Crippen LogP) is 4.14. The van der Waals surface area contributed by atoms with Crippen molar-refractivity contribution in [1.29, 1.82) is 0 Å². The van der Waals surface area contributed by atoms with Gasteiger partial charge >= 0.3 is 12.1 Å². The summed E-state index contributed by atoms with van der Waals surface area (Å²) >= 11 is 2.31. The van der Waals surface area contributed by atoms with Gasteiger partial charge in [-0.2, -0.15) is 17.9 Å². The Morgan fingerprint density at radius 3 is 2.75 bits per heavy atom. The van der Waals surface area contributed by atoms with Crippen molar-refractivity contribution in [3.63, 3.8) is 0 Å². The van der Waals surface area contributed by atoms with Crippen LogP contribution in [0.5, 0.6) is 0 Å². The lowest BCUT2D eigenvalue weighted by Crippen LogP contribution is -2.07. The van der Waals surface area contributed by atoms with E-state index in [9.17, 15) is 18.0 Å². The number of thiazole rings is 1. The maximum Gasteiger partial charge on any atom is 0.416 e. The SMILES string of the molecule is O=C(O)c1ccc2nc(Sc3nnnn3-c3cccc(C(F)(F)F)c3)sc2c1. The Labute approximate surface area is 162 Å². The van der Waals surface area contributed by atoms with Crippen LogP contribution in [0.15, 0.2) is 52.0 Å². The monoisotopic (exact) mass is 423 g/mol. The van der Waals surface area contributed by atoms with E-state index in [1.54, 1.807) is 6.07 Å². The number of carboxylic acid groups (broad SMARTS) is 1. The normalized spacial score (nSPS) is 11.8. The number of aromatic carboxylic acids is 1. The van der Waals surface area contributed by atoms with Gasteiger partial charge in [-0.15, -0.1) is 16.4 Å². The zero-order valence-electron chi connectivity index (χ0n) is 13.6. The molecule has 1 N–H and O–H groups in total. The van der Waals surface area contributed by atoms with Crippen LogP contribution in [0.1, 0.15) is 15.9 Å². The minimum absolute atomic E-state index is 0.140. The highest BCUT2D eigenvalue weighted by Gasteiger charge is 2.30. The van der Waals surface area contributed by atoms with E-state index in [1.807, 2.05) is 0 Å². The number of halogens is 3. The number of carbonyl (C=O) groups is 1. The Bertz CT molecular complexity index is 1190. The second-order valence-corrected chi connectivity index (χ2v) is 7.74. The number of fused-ring (bicyclic) bond motifs is 1. The third kappa shape index (κ3) is 3.55. The van der Waals surface area contributed by atoms with Gasteiger partial charge in [0.15, 0.2) is 4.34 Å². The molecule has 0 unspecified atom stereocenters. The van der Waals surface area contributed by atoms with Crippen molar-refractivity contribution in [2.45, 2.75) is 15.7 Å². The molecule has 0 amide bonds. The molecule has 142 valence electrons. The van der Waals surface area contributed by atoms with Gasteiger partial charge in [0.25, 0.3) is 0 Å². The quantitative estimate of drug-likeness (QED) is 0.527. The number of benzene rings is 2. The van der Waals surface area contributed by atoms with E-state index in [0.717, 1.165) is 23.9 Å². The molecule has 0 radical (unpaired) electrons. The van der Waals surface area contributed by atoms with Crippen LogP contribution >= 0.6 is 23.1 Å². The van der Waals surface area contributed by atoms with E-state index in [4.69, 9.17) is 5.11 Å².